The molecule has 1 amide bonds. The predicted octanol–water partition coefficient (Wildman–Crippen LogP) is 7.29. The molecule has 3 nitrogen and oxygen atoms in total. The highest BCUT2D eigenvalue weighted by Crippen LogP contribution is 2.38. The number of nitrogens with zero attached hydrogens (tertiary/aromatic N) is 2. The fourth-order valence-corrected chi connectivity index (χ4v) is 5.79. The maximum Gasteiger partial charge on any atom is 0.272 e. The number of anilines is 1. The Balaban J connectivity index is 1.64. The Bertz CT molecular complexity index is 1430. The number of fused-ring (bicyclic) bond motifs is 2. The number of amides is 1. The van der Waals surface area contributed by atoms with Crippen LogP contribution < -0.4 is 4.90 Å². The number of hydrogen-bond acceptors (Lipinski definition) is 4. The van der Waals surface area contributed by atoms with Crippen molar-refractivity contribution in [3.63, 3.8) is 0 Å². The number of carbonyl (C=O) groups is 1. The van der Waals surface area contributed by atoms with Crippen LogP contribution in [0.25, 0.3) is 20.3 Å². The van der Waals surface area contributed by atoms with Gasteiger partial charge in [-0.3, -0.25) is 9.69 Å². The van der Waals surface area contributed by atoms with E-state index in [0.717, 1.165) is 33.1 Å². The number of carbonyl (C=O) groups excluding carboxylic acids is 1. The van der Waals surface area contributed by atoms with Crippen LogP contribution in [-0.2, 0) is 6.54 Å². The lowest BCUT2D eigenvalue weighted by Gasteiger charge is -2.19. The molecule has 5 rings (SSSR count). The highest BCUT2D eigenvalue weighted by Gasteiger charge is 2.27. The molecule has 0 aliphatic rings. The molecule has 3 aromatic carbocycles. The Morgan fingerprint density at radius 2 is 1.71 bits per heavy atom. The molecule has 0 spiro atoms. The topological polar surface area (TPSA) is 33.2 Å². The van der Waals surface area contributed by atoms with Gasteiger partial charge in [0.2, 0.25) is 0 Å². The van der Waals surface area contributed by atoms with E-state index in [1.807, 2.05) is 54.6 Å². The smallest absolute Gasteiger partial charge is 0.272 e. The molecule has 31 heavy (non-hydrogen) atoms. The molecule has 0 aliphatic carbocycles. The summed E-state index contributed by atoms with van der Waals surface area (Å²) in [5, 5.41) is 1.46. The van der Waals surface area contributed by atoms with Crippen molar-refractivity contribution in [1.82, 2.24) is 4.98 Å². The SMILES string of the molecule is O=C(c1sc2ccccc2c1Cl)N(Cc1ccccc1)c1nc2c(F)cc(F)cc2s1. The molecule has 0 saturated heterocycles. The van der Waals surface area contributed by atoms with E-state index in [2.05, 4.69) is 4.98 Å². The van der Waals surface area contributed by atoms with Gasteiger partial charge in [0.1, 0.15) is 16.2 Å². The van der Waals surface area contributed by atoms with Crippen LogP contribution in [0.1, 0.15) is 15.2 Å². The third kappa shape index (κ3) is 3.69. The lowest BCUT2D eigenvalue weighted by Crippen LogP contribution is -2.29. The average molecular weight is 471 g/mol. The van der Waals surface area contributed by atoms with Gasteiger partial charge in [0.15, 0.2) is 10.9 Å². The van der Waals surface area contributed by atoms with Gasteiger partial charge in [-0.15, -0.1) is 11.3 Å². The number of halogens is 3. The van der Waals surface area contributed by atoms with Crippen LogP contribution in [-0.4, -0.2) is 10.9 Å². The highest BCUT2D eigenvalue weighted by molar-refractivity contribution is 7.23. The largest absolute Gasteiger partial charge is 0.279 e. The summed E-state index contributed by atoms with van der Waals surface area (Å²) >= 11 is 8.91. The number of hydrogen-bond donors (Lipinski definition) is 0. The molecular weight excluding hydrogens is 458 g/mol. The lowest BCUT2D eigenvalue weighted by molar-refractivity contribution is 0.0989. The first-order chi connectivity index (χ1) is 15.0. The van der Waals surface area contributed by atoms with Gasteiger partial charge >= 0.3 is 0 Å². The standard InChI is InChI=1S/C23H13ClF2N2OS2/c24-19-15-8-4-5-9-17(15)30-21(19)22(29)28(12-13-6-2-1-3-7-13)23-27-20-16(26)10-14(25)11-18(20)31-23/h1-11H,12H2. The van der Waals surface area contributed by atoms with E-state index in [1.165, 1.54) is 22.3 Å². The summed E-state index contributed by atoms with van der Waals surface area (Å²) in [6.45, 7) is 0.216. The normalized spacial score (nSPS) is 11.3. The van der Waals surface area contributed by atoms with Gasteiger partial charge in [-0.2, -0.15) is 0 Å². The van der Waals surface area contributed by atoms with E-state index in [4.69, 9.17) is 11.6 Å². The van der Waals surface area contributed by atoms with Gasteiger partial charge in [0.25, 0.3) is 5.91 Å². The van der Waals surface area contributed by atoms with E-state index in [-0.39, 0.29) is 23.1 Å². The zero-order valence-corrected chi connectivity index (χ0v) is 18.2. The molecule has 2 heterocycles. The summed E-state index contributed by atoms with van der Waals surface area (Å²) in [5.74, 6) is -1.78. The number of benzene rings is 3. The molecule has 0 N–H and O–H groups in total. The molecular formula is C23H13ClF2N2OS2. The van der Waals surface area contributed by atoms with Crippen molar-refractivity contribution < 1.29 is 13.6 Å². The van der Waals surface area contributed by atoms with Crippen LogP contribution in [0.3, 0.4) is 0 Å². The van der Waals surface area contributed by atoms with E-state index < -0.39 is 11.6 Å². The maximum atomic E-state index is 14.3. The van der Waals surface area contributed by atoms with Crippen LogP contribution >= 0.6 is 34.3 Å². The predicted molar refractivity (Wildman–Crippen MR) is 123 cm³/mol. The van der Waals surface area contributed by atoms with E-state index in [9.17, 15) is 13.6 Å². The highest BCUT2D eigenvalue weighted by atomic mass is 35.5. The summed E-state index contributed by atoms with van der Waals surface area (Å²) in [6, 6.07) is 18.9. The Morgan fingerprint density at radius 3 is 2.48 bits per heavy atom. The van der Waals surface area contributed by atoms with E-state index in [0.29, 0.717) is 14.6 Å². The minimum atomic E-state index is -0.760. The molecule has 8 heteroatoms. The Kier molecular flexibility index (Phi) is 5.17. The molecule has 0 radical (unpaired) electrons. The molecule has 0 saturated carbocycles. The van der Waals surface area contributed by atoms with Crippen molar-refractivity contribution in [2.75, 3.05) is 4.90 Å². The Morgan fingerprint density at radius 1 is 0.968 bits per heavy atom. The molecule has 0 aliphatic heterocycles. The summed E-state index contributed by atoms with van der Waals surface area (Å²) in [6.07, 6.45) is 0. The molecule has 0 fully saturated rings. The van der Waals surface area contributed by atoms with Crippen molar-refractivity contribution in [3.05, 3.63) is 93.8 Å². The molecule has 0 atom stereocenters. The first-order valence-corrected chi connectivity index (χ1v) is 11.3. The van der Waals surface area contributed by atoms with Gasteiger partial charge in [-0.1, -0.05) is 71.5 Å². The average Bonchev–Trinajstić information content (AvgIpc) is 3.34. The Hall–Kier alpha value is -2.87. The molecule has 0 unspecified atom stereocenters. The summed E-state index contributed by atoms with van der Waals surface area (Å²) in [5.41, 5.74) is 0.911. The van der Waals surface area contributed by atoms with Gasteiger partial charge in [0, 0.05) is 16.2 Å². The molecule has 154 valence electrons. The van der Waals surface area contributed by atoms with Crippen molar-refractivity contribution in [2.24, 2.45) is 0 Å². The molecule has 5 aromatic rings. The summed E-state index contributed by atoms with van der Waals surface area (Å²) in [4.78, 5) is 19.8. The third-order valence-corrected chi connectivity index (χ3v) is 7.48. The third-order valence-electron chi connectivity index (χ3n) is 4.79. The second kappa shape index (κ2) is 8.00. The lowest BCUT2D eigenvalue weighted by atomic mass is 10.2. The molecule has 2 aromatic heterocycles. The van der Waals surface area contributed by atoms with Crippen LogP contribution in [0.15, 0.2) is 66.7 Å². The first-order valence-electron chi connectivity index (χ1n) is 9.29. The summed E-state index contributed by atoms with van der Waals surface area (Å²) < 4.78 is 29.2. The van der Waals surface area contributed by atoms with Crippen LogP contribution in [0.2, 0.25) is 5.02 Å². The fraction of sp³-hybridized carbons (Fsp3) is 0.0435. The number of thiophene rings is 1. The zero-order chi connectivity index (χ0) is 21.5. The van der Waals surface area contributed by atoms with E-state index >= 15 is 0 Å². The van der Waals surface area contributed by atoms with Crippen molar-refractivity contribution in [1.29, 1.82) is 0 Å². The minimum Gasteiger partial charge on any atom is -0.279 e. The van der Waals surface area contributed by atoms with Crippen molar-refractivity contribution >= 4 is 65.6 Å². The zero-order valence-electron chi connectivity index (χ0n) is 15.8. The monoisotopic (exact) mass is 470 g/mol. The minimum absolute atomic E-state index is 0.0368. The fourth-order valence-electron chi connectivity index (χ4n) is 3.33. The van der Waals surface area contributed by atoms with Gasteiger partial charge in [-0.25, -0.2) is 13.8 Å². The van der Waals surface area contributed by atoms with Crippen molar-refractivity contribution in [3.8, 4) is 0 Å². The van der Waals surface area contributed by atoms with Crippen molar-refractivity contribution in [2.45, 2.75) is 6.54 Å². The van der Waals surface area contributed by atoms with Crippen LogP contribution in [0.4, 0.5) is 13.9 Å². The van der Waals surface area contributed by atoms with Gasteiger partial charge in [0.05, 0.1) is 16.3 Å². The second-order valence-electron chi connectivity index (χ2n) is 6.85. The first kappa shape index (κ1) is 20.1. The van der Waals surface area contributed by atoms with E-state index in [1.54, 1.807) is 0 Å². The molecule has 0 bridgehead atoms. The quantitative estimate of drug-likeness (QED) is 0.276. The summed E-state index contributed by atoms with van der Waals surface area (Å²) in [7, 11) is 0. The number of aromatic nitrogens is 1. The van der Waals surface area contributed by atoms with Crippen LogP contribution in [0, 0.1) is 11.6 Å². The Labute approximate surface area is 189 Å². The van der Waals surface area contributed by atoms with Gasteiger partial charge in [-0.05, 0) is 17.7 Å². The second-order valence-corrected chi connectivity index (χ2v) is 9.29. The number of rotatable bonds is 4. The van der Waals surface area contributed by atoms with Crippen LogP contribution in [0.5, 0.6) is 0 Å². The maximum absolute atomic E-state index is 14.3. The van der Waals surface area contributed by atoms with Gasteiger partial charge < -0.3 is 0 Å². The number of thiazole rings is 1.